The van der Waals surface area contributed by atoms with Crippen molar-refractivity contribution in [1.29, 1.82) is 0 Å². The quantitative estimate of drug-likeness (QED) is 0.545. The van der Waals surface area contributed by atoms with Gasteiger partial charge in [-0.1, -0.05) is 0 Å². The smallest absolute Gasteiger partial charge is 0.148 e. The minimum atomic E-state index is 0.0840. The number of hydrogen-bond acceptors (Lipinski definition) is 4. The Morgan fingerprint density at radius 3 is 3.00 bits per heavy atom. The molecule has 4 nitrogen and oxygen atoms in total. The summed E-state index contributed by atoms with van der Waals surface area (Å²) in [7, 11) is 1.86. The molecule has 70 valence electrons. The summed E-state index contributed by atoms with van der Waals surface area (Å²) in [6, 6.07) is 0.325. The molecule has 1 aliphatic heterocycles. The Kier molecular flexibility index (Phi) is 3.65. The zero-order chi connectivity index (χ0) is 8.97. The number of nitrogens with one attached hydrogen (secondary N) is 1. The average molecular weight is 172 g/mol. The molecule has 0 saturated carbocycles. The van der Waals surface area contributed by atoms with E-state index in [4.69, 9.17) is 5.11 Å². The number of aliphatic hydroxyl groups excluding tert-OH is 1. The number of ketones is 1. The van der Waals surface area contributed by atoms with Gasteiger partial charge in [-0.2, -0.15) is 0 Å². The van der Waals surface area contributed by atoms with Gasteiger partial charge in [0, 0.05) is 19.0 Å². The van der Waals surface area contributed by atoms with Crippen LogP contribution in [0, 0.1) is 0 Å². The highest BCUT2D eigenvalue weighted by molar-refractivity contribution is 5.83. The summed E-state index contributed by atoms with van der Waals surface area (Å²) in [4.78, 5) is 12.7. The van der Waals surface area contributed by atoms with Crippen LogP contribution in [0.15, 0.2) is 0 Å². The van der Waals surface area contributed by atoms with Crippen molar-refractivity contribution in [2.24, 2.45) is 0 Å². The third-order valence-electron chi connectivity index (χ3n) is 2.16. The van der Waals surface area contributed by atoms with E-state index < -0.39 is 0 Å². The molecule has 0 radical (unpaired) electrons. The Balaban J connectivity index is 2.11. The van der Waals surface area contributed by atoms with Gasteiger partial charge in [-0.3, -0.25) is 9.69 Å². The van der Waals surface area contributed by atoms with Crippen LogP contribution >= 0.6 is 0 Å². The van der Waals surface area contributed by atoms with E-state index in [2.05, 4.69) is 5.32 Å². The third kappa shape index (κ3) is 2.89. The largest absolute Gasteiger partial charge is 0.381 e. The summed E-state index contributed by atoms with van der Waals surface area (Å²) in [6.07, 6.45) is 1.59. The minimum absolute atomic E-state index is 0.0840. The van der Waals surface area contributed by atoms with Gasteiger partial charge >= 0.3 is 0 Å². The first-order valence-electron chi connectivity index (χ1n) is 4.27. The van der Waals surface area contributed by atoms with Crippen LogP contribution in [0.2, 0.25) is 0 Å². The highest BCUT2D eigenvalue weighted by atomic mass is 16.3. The van der Waals surface area contributed by atoms with E-state index in [0.29, 0.717) is 24.8 Å². The normalized spacial score (nSPS) is 23.9. The van der Waals surface area contributed by atoms with E-state index in [-0.39, 0.29) is 6.73 Å². The highest BCUT2D eigenvalue weighted by Gasteiger charge is 2.20. The Labute approximate surface area is 72.6 Å². The van der Waals surface area contributed by atoms with Gasteiger partial charge in [-0.05, 0) is 13.5 Å². The number of carbonyl (C=O) groups excluding carboxylic acids is 1. The first-order chi connectivity index (χ1) is 5.72. The van der Waals surface area contributed by atoms with Crippen molar-refractivity contribution in [2.45, 2.75) is 18.9 Å². The summed E-state index contributed by atoms with van der Waals surface area (Å²) in [5, 5.41) is 11.8. The zero-order valence-electron chi connectivity index (χ0n) is 7.42. The molecule has 1 unspecified atom stereocenters. The summed E-state index contributed by atoms with van der Waals surface area (Å²) < 4.78 is 0. The van der Waals surface area contributed by atoms with Crippen molar-refractivity contribution in [3.63, 3.8) is 0 Å². The molecule has 12 heavy (non-hydrogen) atoms. The number of hydrogen-bond donors (Lipinski definition) is 2. The number of nitrogens with zero attached hydrogens (tertiary/aromatic N) is 1. The lowest BCUT2D eigenvalue weighted by molar-refractivity contribution is -0.116. The number of carbonyl (C=O) groups is 1. The second-order valence-corrected chi connectivity index (χ2v) is 3.33. The van der Waals surface area contributed by atoms with Crippen molar-refractivity contribution in [2.75, 3.05) is 26.9 Å². The molecule has 1 atom stereocenters. The minimum Gasteiger partial charge on any atom is -0.381 e. The topological polar surface area (TPSA) is 52.6 Å². The second kappa shape index (κ2) is 4.54. The Morgan fingerprint density at radius 1 is 1.75 bits per heavy atom. The molecule has 0 aromatic carbocycles. The number of rotatable bonds is 4. The average Bonchev–Trinajstić information content (AvgIpc) is 2.47. The molecule has 0 spiro atoms. The van der Waals surface area contributed by atoms with Gasteiger partial charge in [0.2, 0.25) is 0 Å². The predicted molar refractivity (Wildman–Crippen MR) is 45.7 cm³/mol. The van der Waals surface area contributed by atoms with E-state index >= 15 is 0 Å². The maximum atomic E-state index is 10.8. The van der Waals surface area contributed by atoms with Gasteiger partial charge in [0.15, 0.2) is 0 Å². The van der Waals surface area contributed by atoms with Gasteiger partial charge in [0.25, 0.3) is 0 Å². The molecular formula is C8H16N2O2. The SMILES string of the molecule is CN(CO)CCC1CC(=O)CN1. The Morgan fingerprint density at radius 2 is 2.50 bits per heavy atom. The van der Waals surface area contributed by atoms with Crippen LogP contribution < -0.4 is 5.32 Å². The molecule has 4 heteroatoms. The fraction of sp³-hybridized carbons (Fsp3) is 0.875. The maximum absolute atomic E-state index is 10.8. The van der Waals surface area contributed by atoms with Crippen molar-refractivity contribution in [3.8, 4) is 0 Å². The fourth-order valence-corrected chi connectivity index (χ4v) is 1.33. The molecule has 1 heterocycles. The van der Waals surface area contributed by atoms with Crippen LogP contribution in [0.4, 0.5) is 0 Å². The summed E-state index contributed by atoms with van der Waals surface area (Å²) in [5.74, 6) is 0.298. The van der Waals surface area contributed by atoms with Crippen LogP contribution in [0.3, 0.4) is 0 Å². The molecule has 0 aromatic heterocycles. The van der Waals surface area contributed by atoms with E-state index in [1.165, 1.54) is 0 Å². The van der Waals surface area contributed by atoms with Gasteiger partial charge < -0.3 is 10.4 Å². The molecule has 1 rings (SSSR count). The molecule has 1 aliphatic rings. The molecule has 0 amide bonds. The van der Waals surface area contributed by atoms with Crippen molar-refractivity contribution >= 4 is 5.78 Å². The van der Waals surface area contributed by atoms with E-state index in [0.717, 1.165) is 13.0 Å². The molecule has 2 N–H and O–H groups in total. The zero-order valence-corrected chi connectivity index (χ0v) is 7.42. The molecule has 1 saturated heterocycles. The van der Waals surface area contributed by atoms with Crippen molar-refractivity contribution in [1.82, 2.24) is 10.2 Å². The van der Waals surface area contributed by atoms with Crippen molar-refractivity contribution in [3.05, 3.63) is 0 Å². The predicted octanol–water partition coefficient (Wildman–Crippen LogP) is -0.811. The standard InChI is InChI=1S/C8H16N2O2/c1-10(6-11)3-2-7-4-8(12)5-9-7/h7,9,11H,2-6H2,1H3. The molecule has 0 aliphatic carbocycles. The lowest BCUT2D eigenvalue weighted by Gasteiger charge is -2.15. The first-order valence-corrected chi connectivity index (χ1v) is 4.27. The van der Waals surface area contributed by atoms with Crippen LogP contribution in [-0.2, 0) is 4.79 Å². The second-order valence-electron chi connectivity index (χ2n) is 3.33. The Hall–Kier alpha value is -0.450. The molecule has 0 bridgehead atoms. The van der Waals surface area contributed by atoms with Gasteiger partial charge in [0.1, 0.15) is 5.78 Å². The van der Waals surface area contributed by atoms with Gasteiger partial charge in [0.05, 0.1) is 13.3 Å². The third-order valence-corrected chi connectivity index (χ3v) is 2.16. The number of aliphatic hydroxyl groups is 1. The summed E-state index contributed by atoms with van der Waals surface area (Å²) in [6.45, 7) is 1.44. The lowest BCUT2D eigenvalue weighted by atomic mass is 10.1. The van der Waals surface area contributed by atoms with Gasteiger partial charge in [-0.25, -0.2) is 0 Å². The van der Waals surface area contributed by atoms with Crippen LogP contribution in [0.25, 0.3) is 0 Å². The monoisotopic (exact) mass is 172 g/mol. The summed E-state index contributed by atoms with van der Waals surface area (Å²) in [5.41, 5.74) is 0. The van der Waals surface area contributed by atoms with E-state index in [1.54, 1.807) is 0 Å². The van der Waals surface area contributed by atoms with Crippen LogP contribution in [0.1, 0.15) is 12.8 Å². The summed E-state index contributed by atoms with van der Waals surface area (Å²) >= 11 is 0. The van der Waals surface area contributed by atoms with Gasteiger partial charge in [-0.15, -0.1) is 0 Å². The van der Waals surface area contributed by atoms with Crippen LogP contribution in [0.5, 0.6) is 0 Å². The number of Topliss-reactive ketones (excluding diaryl/α,β-unsaturated/α-hetero) is 1. The maximum Gasteiger partial charge on any atom is 0.148 e. The molecule has 0 aromatic rings. The van der Waals surface area contributed by atoms with Crippen molar-refractivity contribution < 1.29 is 9.90 Å². The van der Waals surface area contributed by atoms with Crippen LogP contribution in [-0.4, -0.2) is 48.7 Å². The fourth-order valence-electron chi connectivity index (χ4n) is 1.33. The van der Waals surface area contributed by atoms with E-state index in [9.17, 15) is 4.79 Å². The highest BCUT2D eigenvalue weighted by Crippen LogP contribution is 2.05. The molecular weight excluding hydrogens is 156 g/mol. The lowest BCUT2D eigenvalue weighted by Crippen LogP contribution is -2.28. The molecule has 1 fully saturated rings. The van der Waals surface area contributed by atoms with E-state index in [1.807, 2.05) is 11.9 Å². The Bertz CT molecular complexity index is 161. The first kappa shape index (κ1) is 9.64.